The number of halogens is 1. The van der Waals surface area contributed by atoms with E-state index in [0.29, 0.717) is 31.2 Å². The molecule has 22 heavy (non-hydrogen) atoms. The molecule has 2 aliphatic rings. The maximum atomic E-state index is 12.1. The topological polar surface area (TPSA) is 44.4 Å². The highest BCUT2D eigenvalue weighted by Gasteiger charge is 2.35. The molecule has 1 aromatic carbocycles. The van der Waals surface area contributed by atoms with Gasteiger partial charge in [-0.3, -0.25) is 9.69 Å². The molecule has 1 aromatic rings. The predicted octanol–water partition coefficient (Wildman–Crippen LogP) is 2.17. The van der Waals surface area contributed by atoms with Crippen LogP contribution in [0.25, 0.3) is 0 Å². The van der Waals surface area contributed by atoms with Gasteiger partial charge in [-0.2, -0.15) is 0 Å². The van der Waals surface area contributed by atoms with Crippen LogP contribution in [0.4, 0.5) is 0 Å². The second kappa shape index (κ2) is 6.99. The van der Waals surface area contributed by atoms with E-state index in [-0.39, 0.29) is 5.91 Å². The Morgan fingerprint density at radius 3 is 2.55 bits per heavy atom. The van der Waals surface area contributed by atoms with Crippen molar-refractivity contribution in [1.29, 1.82) is 0 Å². The largest absolute Gasteiger partial charge is 0.351 e. The Morgan fingerprint density at radius 2 is 1.91 bits per heavy atom. The number of rotatable bonds is 5. The number of carbonyl (C=O) groups excluding carboxylic acids is 1. The molecule has 3 rings (SSSR count). The van der Waals surface area contributed by atoms with Crippen LogP contribution in [0.1, 0.15) is 31.2 Å². The first-order chi connectivity index (χ1) is 10.6. The molecule has 4 nitrogen and oxygen atoms in total. The molecular weight excluding hydrogens is 298 g/mol. The first-order valence-electron chi connectivity index (χ1n) is 8.07. The third-order valence-corrected chi connectivity index (χ3v) is 5.12. The van der Waals surface area contributed by atoms with Crippen LogP contribution in [-0.2, 0) is 11.3 Å². The van der Waals surface area contributed by atoms with Crippen LogP contribution in [0, 0.1) is 0 Å². The summed E-state index contributed by atoms with van der Waals surface area (Å²) in [4.78, 5) is 14.3. The molecule has 0 aliphatic carbocycles. The zero-order valence-electron chi connectivity index (χ0n) is 13.0. The molecule has 120 valence electrons. The third kappa shape index (κ3) is 4.00. The summed E-state index contributed by atoms with van der Waals surface area (Å²) in [6.45, 7) is 1.03. The fourth-order valence-electron chi connectivity index (χ4n) is 3.60. The SMILES string of the molecule is CN(CC(=O)NCc1ccc(Cl)cc1)C1CC2CCC(C1)N2. The van der Waals surface area contributed by atoms with E-state index < -0.39 is 0 Å². The van der Waals surface area contributed by atoms with Crippen LogP contribution in [0.15, 0.2) is 24.3 Å². The van der Waals surface area contributed by atoms with E-state index >= 15 is 0 Å². The van der Waals surface area contributed by atoms with Crippen molar-refractivity contribution in [3.05, 3.63) is 34.9 Å². The van der Waals surface area contributed by atoms with Crippen LogP contribution >= 0.6 is 11.6 Å². The fraction of sp³-hybridized carbons (Fsp3) is 0.588. The van der Waals surface area contributed by atoms with Gasteiger partial charge in [0.15, 0.2) is 0 Å². The van der Waals surface area contributed by atoms with Gasteiger partial charge < -0.3 is 10.6 Å². The number of nitrogens with zero attached hydrogens (tertiary/aromatic N) is 1. The van der Waals surface area contributed by atoms with Crippen molar-refractivity contribution in [3.8, 4) is 0 Å². The highest BCUT2D eigenvalue weighted by Crippen LogP contribution is 2.29. The summed E-state index contributed by atoms with van der Waals surface area (Å²) in [5.41, 5.74) is 1.07. The molecule has 2 unspecified atom stereocenters. The van der Waals surface area contributed by atoms with E-state index in [1.165, 1.54) is 12.8 Å². The average Bonchev–Trinajstić information content (AvgIpc) is 2.85. The Balaban J connectivity index is 1.44. The lowest BCUT2D eigenvalue weighted by atomic mass is 9.98. The van der Waals surface area contributed by atoms with Crippen molar-refractivity contribution >= 4 is 17.5 Å². The number of nitrogens with one attached hydrogen (secondary N) is 2. The second-order valence-corrected chi connectivity index (χ2v) is 7.02. The third-order valence-electron chi connectivity index (χ3n) is 4.87. The van der Waals surface area contributed by atoms with E-state index in [4.69, 9.17) is 11.6 Å². The Bertz CT molecular complexity index is 507. The first-order valence-corrected chi connectivity index (χ1v) is 8.45. The zero-order valence-corrected chi connectivity index (χ0v) is 13.8. The Labute approximate surface area is 137 Å². The van der Waals surface area contributed by atoms with Gasteiger partial charge in [-0.15, -0.1) is 0 Å². The van der Waals surface area contributed by atoms with E-state index in [1.807, 2.05) is 24.3 Å². The quantitative estimate of drug-likeness (QED) is 0.873. The number of amides is 1. The molecule has 2 aliphatic heterocycles. The van der Waals surface area contributed by atoms with E-state index in [9.17, 15) is 4.79 Å². The summed E-state index contributed by atoms with van der Waals surface area (Å²) in [5, 5.41) is 7.35. The van der Waals surface area contributed by atoms with Gasteiger partial charge >= 0.3 is 0 Å². The van der Waals surface area contributed by atoms with Gasteiger partial charge in [0, 0.05) is 29.7 Å². The summed E-state index contributed by atoms with van der Waals surface area (Å²) in [7, 11) is 2.07. The summed E-state index contributed by atoms with van der Waals surface area (Å²) in [6, 6.07) is 9.42. The number of fused-ring (bicyclic) bond motifs is 2. The van der Waals surface area contributed by atoms with Crippen molar-refractivity contribution in [2.45, 2.75) is 50.4 Å². The lowest BCUT2D eigenvalue weighted by Crippen LogP contribution is -2.49. The number of benzene rings is 1. The van der Waals surface area contributed by atoms with Crippen molar-refractivity contribution < 1.29 is 4.79 Å². The minimum Gasteiger partial charge on any atom is -0.351 e. The van der Waals surface area contributed by atoms with E-state index in [1.54, 1.807) is 0 Å². The van der Waals surface area contributed by atoms with Gasteiger partial charge in [0.05, 0.1) is 6.54 Å². The minimum absolute atomic E-state index is 0.0864. The Hall–Kier alpha value is -1.10. The predicted molar refractivity (Wildman–Crippen MR) is 88.9 cm³/mol. The number of likely N-dealkylation sites (N-methyl/N-ethyl adjacent to an activating group) is 1. The van der Waals surface area contributed by atoms with Gasteiger partial charge in [-0.05, 0) is 50.4 Å². The second-order valence-electron chi connectivity index (χ2n) is 6.58. The van der Waals surface area contributed by atoms with Crippen LogP contribution in [0.5, 0.6) is 0 Å². The fourth-order valence-corrected chi connectivity index (χ4v) is 3.73. The summed E-state index contributed by atoms with van der Waals surface area (Å²) < 4.78 is 0. The first kappa shape index (κ1) is 15.8. The molecule has 0 spiro atoms. The van der Waals surface area contributed by atoms with Crippen LogP contribution in [-0.4, -0.2) is 42.5 Å². The van der Waals surface area contributed by atoms with Crippen LogP contribution < -0.4 is 10.6 Å². The van der Waals surface area contributed by atoms with Crippen LogP contribution in [0.3, 0.4) is 0 Å². The maximum absolute atomic E-state index is 12.1. The monoisotopic (exact) mass is 321 g/mol. The smallest absolute Gasteiger partial charge is 0.234 e. The van der Waals surface area contributed by atoms with Crippen LogP contribution in [0.2, 0.25) is 5.02 Å². The molecule has 0 aromatic heterocycles. The standard InChI is InChI=1S/C17H24ClN3O/c1-21(16-8-14-6-7-15(9-16)20-14)11-17(22)19-10-12-2-4-13(18)5-3-12/h2-5,14-16,20H,6-11H2,1H3,(H,19,22). The minimum atomic E-state index is 0.0864. The number of carbonyl (C=O) groups is 1. The molecule has 2 N–H and O–H groups in total. The Morgan fingerprint density at radius 1 is 1.27 bits per heavy atom. The number of piperidine rings is 1. The molecule has 0 saturated carbocycles. The van der Waals surface area contributed by atoms with Crippen molar-refractivity contribution in [2.75, 3.05) is 13.6 Å². The molecule has 2 fully saturated rings. The molecule has 1 amide bonds. The lowest BCUT2D eigenvalue weighted by molar-refractivity contribution is -0.122. The van der Waals surface area contributed by atoms with Gasteiger partial charge in [-0.1, -0.05) is 23.7 Å². The maximum Gasteiger partial charge on any atom is 0.234 e. The van der Waals surface area contributed by atoms with Gasteiger partial charge in [0.2, 0.25) is 5.91 Å². The average molecular weight is 322 g/mol. The van der Waals surface area contributed by atoms with E-state index in [2.05, 4.69) is 22.6 Å². The highest BCUT2D eigenvalue weighted by molar-refractivity contribution is 6.30. The normalized spacial score (nSPS) is 27.1. The molecular formula is C17H24ClN3O. The molecule has 2 atom stereocenters. The number of hydrogen-bond acceptors (Lipinski definition) is 3. The summed E-state index contributed by atoms with van der Waals surface area (Å²) >= 11 is 5.86. The van der Waals surface area contributed by atoms with E-state index in [0.717, 1.165) is 23.4 Å². The molecule has 0 radical (unpaired) electrons. The van der Waals surface area contributed by atoms with Gasteiger partial charge in [0.1, 0.15) is 0 Å². The van der Waals surface area contributed by atoms with Crippen molar-refractivity contribution in [2.24, 2.45) is 0 Å². The molecule has 2 heterocycles. The van der Waals surface area contributed by atoms with Gasteiger partial charge in [0.25, 0.3) is 0 Å². The summed E-state index contributed by atoms with van der Waals surface area (Å²) in [6.07, 6.45) is 4.91. The van der Waals surface area contributed by atoms with Gasteiger partial charge in [-0.25, -0.2) is 0 Å². The van der Waals surface area contributed by atoms with Crippen molar-refractivity contribution in [1.82, 2.24) is 15.5 Å². The molecule has 2 saturated heterocycles. The highest BCUT2D eigenvalue weighted by atomic mass is 35.5. The van der Waals surface area contributed by atoms with Crippen molar-refractivity contribution in [3.63, 3.8) is 0 Å². The lowest BCUT2D eigenvalue weighted by Gasteiger charge is -2.35. The summed E-state index contributed by atoms with van der Waals surface area (Å²) in [5.74, 6) is 0.0864. The zero-order chi connectivity index (χ0) is 15.5. The molecule has 2 bridgehead atoms. The Kier molecular flexibility index (Phi) is 5.01. The molecule has 5 heteroatoms. The number of hydrogen-bond donors (Lipinski definition) is 2.